The van der Waals surface area contributed by atoms with Crippen LogP contribution in [0.25, 0.3) is 0 Å². The van der Waals surface area contributed by atoms with Gasteiger partial charge in [0.15, 0.2) is 0 Å². The predicted octanol–water partition coefficient (Wildman–Crippen LogP) is 21.7. The van der Waals surface area contributed by atoms with Gasteiger partial charge in [-0.3, -0.25) is 14.4 Å². The number of nitrogens with one attached hydrogen (secondary N) is 3. The van der Waals surface area contributed by atoms with Crippen molar-refractivity contribution >= 4 is 17.7 Å². The van der Waals surface area contributed by atoms with Gasteiger partial charge >= 0.3 is 0 Å². The monoisotopic (exact) mass is 1190 g/mol. The lowest BCUT2D eigenvalue weighted by atomic mass is 9.84. The van der Waals surface area contributed by atoms with Gasteiger partial charge in [-0.25, -0.2) is 0 Å². The van der Waals surface area contributed by atoms with E-state index in [9.17, 15) is 24.6 Å². The molecule has 84 heavy (non-hydrogen) atoms. The molecule has 0 aliphatic carbocycles. The smallest absolute Gasteiger partial charge is 0.222 e. The SMILES string of the molecule is C.CC(C)CCCC(C)CCCC(C)CCCC(C)(O)C(C)CNC(=O)C(C)C.CCC(NC(=O)C(C)C)C(C)(O)CCCC(C)CCCC(C)CCCC(C)C.CCCC(C)(CCCC(C)CCCC(C)CCCC(C)C)NC(=O)C(C)C. The summed E-state index contributed by atoms with van der Waals surface area (Å²) >= 11 is 0. The summed E-state index contributed by atoms with van der Waals surface area (Å²) in [5, 5.41) is 30.9. The van der Waals surface area contributed by atoms with Crippen LogP contribution in [0.4, 0.5) is 0 Å². The third-order valence-corrected chi connectivity index (χ3v) is 18.7. The molecule has 3 amide bonds. The summed E-state index contributed by atoms with van der Waals surface area (Å²) < 4.78 is 0. The molecular formula is C76H157N3O5. The Hall–Kier alpha value is -1.67. The van der Waals surface area contributed by atoms with Crippen molar-refractivity contribution in [1.82, 2.24) is 16.0 Å². The van der Waals surface area contributed by atoms with Crippen molar-refractivity contribution in [3.63, 3.8) is 0 Å². The molecule has 0 aliphatic heterocycles. The molecular weight excluding hydrogens is 1030 g/mol. The second-order valence-corrected chi connectivity index (χ2v) is 31.2. The quantitative estimate of drug-likeness (QED) is 0.0415. The van der Waals surface area contributed by atoms with Crippen molar-refractivity contribution in [1.29, 1.82) is 0 Å². The first kappa shape index (κ1) is 88.8. The van der Waals surface area contributed by atoms with Crippen LogP contribution in [0.15, 0.2) is 0 Å². The highest BCUT2D eigenvalue weighted by Gasteiger charge is 2.32. The number of hydrogen-bond acceptors (Lipinski definition) is 5. The molecule has 0 bridgehead atoms. The number of carbonyl (C=O) groups is 3. The minimum atomic E-state index is -0.829. The highest BCUT2D eigenvalue weighted by molar-refractivity contribution is 5.79. The molecule has 0 rings (SSSR count). The Morgan fingerprint density at radius 1 is 0.369 bits per heavy atom. The van der Waals surface area contributed by atoms with E-state index in [4.69, 9.17) is 0 Å². The zero-order valence-corrected chi connectivity index (χ0v) is 60.6. The van der Waals surface area contributed by atoms with Crippen molar-refractivity contribution in [3.05, 3.63) is 0 Å². The van der Waals surface area contributed by atoms with Crippen LogP contribution in [-0.4, -0.2) is 57.3 Å². The van der Waals surface area contributed by atoms with Crippen molar-refractivity contribution < 1.29 is 24.6 Å². The molecule has 0 radical (unpaired) electrons. The van der Waals surface area contributed by atoms with Gasteiger partial charge in [-0.2, -0.15) is 0 Å². The Morgan fingerprint density at radius 3 is 0.940 bits per heavy atom. The highest BCUT2D eigenvalue weighted by Crippen LogP contribution is 2.30. The minimum Gasteiger partial charge on any atom is -0.390 e. The second-order valence-electron chi connectivity index (χ2n) is 31.2. The largest absolute Gasteiger partial charge is 0.390 e. The van der Waals surface area contributed by atoms with E-state index >= 15 is 0 Å². The molecule has 0 aromatic carbocycles. The summed E-state index contributed by atoms with van der Waals surface area (Å²) in [5.74, 6) is 7.73. The van der Waals surface area contributed by atoms with E-state index in [0.29, 0.717) is 12.5 Å². The molecule has 11 atom stereocenters. The molecule has 11 unspecified atom stereocenters. The Bertz CT molecular complexity index is 1540. The van der Waals surface area contributed by atoms with Crippen molar-refractivity contribution in [2.24, 2.45) is 76.9 Å². The lowest BCUT2D eigenvalue weighted by Crippen LogP contribution is -2.51. The van der Waals surface area contributed by atoms with Gasteiger partial charge in [0.1, 0.15) is 0 Å². The summed E-state index contributed by atoms with van der Waals surface area (Å²) in [6.45, 7) is 52.6. The third-order valence-electron chi connectivity index (χ3n) is 18.7. The van der Waals surface area contributed by atoms with Gasteiger partial charge in [0.25, 0.3) is 0 Å². The first-order chi connectivity index (χ1) is 38.5. The summed E-state index contributed by atoms with van der Waals surface area (Å²) in [5.41, 5.74) is -1.57. The lowest BCUT2D eigenvalue weighted by molar-refractivity contribution is -0.127. The molecule has 0 aromatic rings. The van der Waals surface area contributed by atoms with Gasteiger partial charge in [-0.1, -0.05) is 313 Å². The van der Waals surface area contributed by atoms with Gasteiger partial charge in [0.05, 0.1) is 17.2 Å². The molecule has 0 aliphatic rings. The zero-order chi connectivity index (χ0) is 64.4. The summed E-state index contributed by atoms with van der Waals surface area (Å²) in [7, 11) is 0. The molecule has 0 saturated carbocycles. The van der Waals surface area contributed by atoms with Crippen LogP contribution in [0, 0.1) is 76.9 Å². The van der Waals surface area contributed by atoms with Gasteiger partial charge in [0, 0.05) is 35.8 Å². The Labute approximate surface area is 528 Å². The summed E-state index contributed by atoms with van der Waals surface area (Å²) in [4.78, 5) is 35.8. The average molecular weight is 1190 g/mol. The van der Waals surface area contributed by atoms with Crippen LogP contribution in [0.2, 0.25) is 0 Å². The maximum Gasteiger partial charge on any atom is 0.222 e. The second kappa shape index (κ2) is 51.1. The highest BCUT2D eigenvalue weighted by atomic mass is 16.3. The molecule has 8 heteroatoms. The van der Waals surface area contributed by atoms with Crippen LogP contribution in [0.1, 0.15) is 366 Å². The fourth-order valence-electron chi connectivity index (χ4n) is 11.8. The van der Waals surface area contributed by atoms with E-state index in [0.717, 1.165) is 105 Å². The maximum atomic E-state index is 12.1. The molecule has 0 saturated heterocycles. The molecule has 0 spiro atoms. The van der Waals surface area contributed by atoms with E-state index in [1.807, 2.05) is 69.2 Å². The molecule has 506 valence electrons. The van der Waals surface area contributed by atoms with Crippen LogP contribution in [0.5, 0.6) is 0 Å². The van der Waals surface area contributed by atoms with Crippen molar-refractivity contribution in [2.45, 2.75) is 389 Å². The van der Waals surface area contributed by atoms with Gasteiger partial charge in [0.2, 0.25) is 17.7 Å². The normalized spacial score (nSPS) is 16.9. The van der Waals surface area contributed by atoms with Crippen LogP contribution >= 0.6 is 0 Å². The Kier molecular flexibility index (Phi) is 54.0. The standard InChI is InChI=1S/2C25H51NO2.C25H51NO.CH4/c1-19(2)12-9-13-21(5)14-10-15-22(6)16-11-17-25(8,28)23(7)18-26-24(27)20(3)4;1-9-23(26-24(27)20(4)5)25(8,28)18-12-17-22(7)16-11-15-21(6)14-10-13-19(2)3;1-9-18-25(8,26-24(27)21(4)5)19-12-17-23(7)16-11-15-22(6)14-10-13-20(2)3;/h2*19-23,28H,9-18H2,1-8H3,(H,26,27);20-23H,9-19H2,1-8H3,(H,26,27);1H4. The van der Waals surface area contributed by atoms with Gasteiger partial charge < -0.3 is 26.2 Å². The molecule has 0 heterocycles. The number of hydrogen-bond donors (Lipinski definition) is 5. The molecule has 8 nitrogen and oxygen atoms in total. The number of amides is 3. The van der Waals surface area contributed by atoms with E-state index in [-0.39, 0.29) is 60.4 Å². The molecule has 0 fully saturated rings. The Morgan fingerprint density at radius 2 is 0.655 bits per heavy atom. The van der Waals surface area contributed by atoms with Crippen LogP contribution in [-0.2, 0) is 14.4 Å². The zero-order valence-electron chi connectivity index (χ0n) is 60.6. The molecule has 5 N–H and O–H groups in total. The lowest BCUT2D eigenvalue weighted by Gasteiger charge is -2.34. The first-order valence-corrected chi connectivity index (χ1v) is 35.9. The minimum absolute atomic E-state index is 0. The van der Waals surface area contributed by atoms with Crippen LogP contribution < -0.4 is 16.0 Å². The molecule has 0 aromatic heterocycles. The summed E-state index contributed by atoms with van der Waals surface area (Å²) in [6, 6.07) is -0.163. The van der Waals surface area contributed by atoms with E-state index in [1.54, 1.807) is 0 Å². The van der Waals surface area contributed by atoms with E-state index in [1.165, 1.54) is 135 Å². The van der Waals surface area contributed by atoms with Crippen LogP contribution in [0.3, 0.4) is 0 Å². The number of aliphatic hydroxyl groups is 2. The topological polar surface area (TPSA) is 128 Å². The average Bonchev–Trinajstić information content (AvgIpc) is 3.47. The fourth-order valence-corrected chi connectivity index (χ4v) is 11.8. The van der Waals surface area contributed by atoms with Crippen molar-refractivity contribution in [2.75, 3.05) is 6.54 Å². The van der Waals surface area contributed by atoms with Gasteiger partial charge in [-0.15, -0.1) is 0 Å². The van der Waals surface area contributed by atoms with Crippen molar-refractivity contribution in [3.8, 4) is 0 Å². The van der Waals surface area contributed by atoms with E-state index < -0.39 is 11.2 Å². The van der Waals surface area contributed by atoms with Gasteiger partial charge in [-0.05, 0) is 106 Å². The number of rotatable bonds is 48. The first-order valence-electron chi connectivity index (χ1n) is 35.9. The Balaban J connectivity index is -0.000000568. The predicted molar refractivity (Wildman–Crippen MR) is 373 cm³/mol. The maximum absolute atomic E-state index is 12.1. The fraction of sp³-hybridized carbons (Fsp3) is 0.961. The third kappa shape index (κ3) is 51.2. The number of carbonyl (C=O) groups excluding carboxylic acids is 3. The van der Waals surface area contributed by atoms with E-state index in [2.05, 4.69) is 113 Å². The summed E-state index contributed by atoms with van der Waals surface area (Å²) in [6.07, 6.45) is 37.0.